The first-order valence-electron chi connectivity index (χ1n) is 11.2. The molecule has 0 amide bonds. The summed E-state index contributed by atoms with van der Waals surface area (Å²) in [6.45, 7) is 8.21. The molecule has 1 heterocycles. The average molecular weight is 536 g/mol. The molecular formula is C27H29Cl3N2O3. The Morgan fingerprint density at radius 2 is 1.66 bits per heavy atom. The lowest BCUT2D eigenvalue weighted by atomic mass is 10.1. The quantitative estimate of drug-likeness (QED) is 0.307. The molecule has 3 rings (SSSR count). The Balaban J connectivity index is 1.83. The summed E-state index contributed by atoms with van der Waals surface area (Å²) in [5, 5.41) is 1.16. The Kier molecular flexibility index (Phi) is 8.58. The SMILES string of the molecule is Cc1c(Cl)cccc1N(C)Cc1c(Cl)cc(Cl)c(=O)n1CCc1ccc(C(=O)OC(C)(C)C)cc1. The number of aryl methyl sites for hydroxylation is 1. The van der Waals surface area contributed by atoms with E-state index in [9.17, 15) is 9.59 Å². The molecule has 0 aliphatic heterocycles. The molecule has 0 spiro atoms. The lowest BCUT2D eigenvalue weighted by Crippen LogP contribution is -2.29. The molecule has 35 heavy (non-hydrogen) atoms. The molecule has 0 saturated heterocycles. The number of hydrogen-bond donors (Lipinski definition) is 0. The van der Waals surface area contributed by atoms with Gasteiger partial charge in [0.1, 0.15) is 10.6 Å². The third-order valence-electron chi connectivity index (χ3n) is 5.55. The van der Waals surface area contributed by atoms with E-state index >= 15 is 0 Å². The normalized spacial score (nSPS) is 11.4. The Morgan fingerprint density at radius 3 is 2.29 bits per heavy atom. The summed E-state index contributed by atoms with van der Waals surface area (Å²) in [7, 11) is 1.92. The first-order chi connectivity index (χ1) is 16.4. The zero-order chi connectivity index (χ0) is 25.9. The number of carbonyl (C=O) groups is 1. The van der Waals surface area contributed by atoms with Crippen molar-refractivity contribution in [1.29, 1.82) is 0 Å². The van der Waals surface area contributed by atoms with E-state index in [-0.39, 0.29) is 16.6 Å². The van der Waals surface area contributed by atoms with Gasteiger partial charge in [-0.15, -0.1) is 0 Å². The van der Waals surface area contributed by atoms with Gasteiger partial charge in [0.25, 0.3) is 5.56 Å². The van der Waals surface area contributed by atoms with E-state index in [1.165, 1.54) is 6.07 Å². The van der Waals surface area contributed by atoms with Crippen molar-refractivity contribution in [2.75, 3.05) is 11.9 Å². The van der Waals surface area contributed by atoms with Gasteiger partial charge in [0.05, 0.1) is 22.8 Å². The Labute approximate surface area is 221 Å². The molecule has 3 aromatic rings. The van der Waals surface area contributed by atoms with Gasteiger partial charge in [-0.05, 0) is 75.6 Å². The second kappa shape index (κ2) is 11.1. The summed E-state index contributed by atoms with van der Waals surface area (Å²) >= 11 is 19.0. The van der Waals surface area contributed by atoms with E-state index < -0.39 is 5.60 Å². The zero-order valence-corrected chi connectivity index (χ0v) is 22.8. The topological polar surface area (TPSA) is 51.5 Å². The van der Waals surface area contributed by atoms with E-state index in [2.05, 4.69) is 0 Å². The molecule has 0 N–H and O–H groups in total. The van der Waals surface area contributed by atoms with Crippen molar-refractivity contribution in [3.63, 3.8) is 0 Å². The molecule has 2 aromatic carbocycles. The van der Waals surface area contributed by atoms with Crippen LogP contribution in [0.4, 0.5) is 5.69 Å². The van der Waals surface area contributed by atoms with E-state index in [1.54, 1.807) is 16.7 Å². The van der Waals surface area contributed by atoms with Gasteiger partial charge in [-0.25, -0.2) is 4.79 Å². The lowest BCUT2D eigenvalue weighted by molar-refractivity contribution is 0.00695. The predicted molar refractivity (Wildman–Crippen MR) is 144 cm³/mol. The Hall–Kier alpha value is -2.47. The smallest absolute Gasteiger partial charge is 0.338 e. The van der Waals surface area contributed by atoms with Crippen LogP contribution in [0.25, 0.3) is 0 Å². The minimum Gasteiger partial charge on any atom is -0.456 e. The van der Waals surface area contributed by atoms with Crippen LogP contribution in [0.2, 0.25) is 15.1 Å². The summed E-state index contributed by atoms with van der Waals surface area (Å²) < 4.78 is 7.03. The monoisotopic (exact) mass is 534 g/mol. The largest absolute Gasteiger partial charge is 0.456 e. The highest BCUT2D eigenvalue weighted by Crippen LogP contribution is 2.28. The maximum atomic E-state index is 12.9. The number of esters is 1. The van der Waals surface area contributed by atoms with Crippen molar-refractivity contribution in [2.45, 2.75) is 52.8 Å². The van der Waals surface area contributed by atoms with Gasteiger partial charge in [0.2, 0.25) is 0 Å². The standard InChI is InChI=1S/C27H29Cl3N2O3/c1-17-20(28)7-6-8-23(17)31(5)16-24-21(29)15-22(30)25(33)32(24)14-13-18-9-11-19(12-10-18)26(34)35-27(2,3)4/h6-12,15H,13-14,16H2,1-5H3. The highest BCUT2D eigenvalue weighted by atomic mass is 35.5. The highest BCUT2D eigenvalue weighted by molar-refractivity contribution is 6.34. The van der Waals surface area contributed by atoms with Gasteiger partial charge in [0.15, 0.2) is 0 Å². The second-order valence-electron chi connectivity index (χ2n) is 9.43. The number of carbonyl (C=O) groups excluding carboxylic acids is 1. The van der Waals surface area contributed by atoms with Gasteiger partial charge in [-0.2, -0.15) is 0 Å². The first-order valence-corrected chi connectivity index (χ1v) is 12.4. The number of anilines is 1. The van der Waals surface area contributed by atoms with Crippen molar-refractivity contribution in [3.8, 4) is 0 Å². The summed E-state index contributed by atoms with van der Waals surface area (Å²) in [6.07, 6.45) is 0.554. The third-order valence-corrected chi connectivity index (χ3v) is 6.56. The molecule has 1 aromatic heterocycles. The molecule has 5 nitrogen and oxygen atoms in total. The van der Waals surface area contributed by atoms with Crippen LogP contribution < -0.4 is 10.5 Å². The summed E-state index contributed by atoms with van der Waals surface area (Å²) in [5.74, 6) is -0.372. The number of halogens is 3. The number of rotatable bonds is 7. The molecule has 186 valence electrons. The molecule has 0 saturated carbocycles. The van der Waals surface area contributed by atoms with Gasteiger partial charge >= 0.3 is 5.97 Å². The van der Waals surface area contributed by atoms with E-state index in [1.807, 2.05) is 70.0 Å². The van der Waals surface area contributed by atoms with Crippen LogP contribution >= 0.6 is 34.8 Å². The maximum absolute atomic E-state index is 12.9. The summed E-state index contributed by atoms with van der Waals surface area (Å²) in [6, 6.07) is 14.4. The Morgan fingerprint density at radius 1 is 1.00 bits per heavy atom. The lowest BCUT2D eigenvalue weighted by Gasteiger charge is -2.25. The Bertz CT molecular complexity index is 1280. The molecule has 0 fully saturated rings. The summed E-state index contributed by atoms with van der Waals surface area (Å²) in [5.41, 5.74) is 3.13. The second-order valence-corrected chi connectivity index (χ2v) is 10.7. The molecule has 0 unspecified atom stereocenters. The van der Waals surface area contributed by atoms with Crippen molar-refractivity contribution in [1.82, 2.24) is 4.57 Å². The predicted octanol–water partition coefficient (Wildman–Crippen LogP) is 6.95. The number of pyridine rings is 1. The number of benzene rings is 2. The first kappa shape index (κ1) is 27.1. The van der Waals surface area contributed by atoms with Gasteiger partial charge in [-0.1, -0.05) is 53.0 Å². The minimum absolute atomic E-state index is 0.0700. The molecule has 0 atom stereocenters. The van der Waals surface area contributed by atoms with Crippen LogP contribution in [-0.2, 0) is 24.2 Å². The number of ether oxygens (including phenoxy) is 1. The summed E-state index contributed by atoms with van der Waals surface area (Å²) in [4.78, 5) is 27.2. The van der Waals surface area contributed by atoms with Crippen LogP contribution in [0.3, 0.4) is 0 Å². The van der Waals surface area contributed by atoms with Crippen LogP contribution in [-0.4, -0.2) is 23.2 Å². The highest BCUT2D eigenvalue weighted by Gasteiger charge is 2.19. The fourth-order valence-electron chi connectivity index (χ4n) is 3.74. The molecular weight excluding hydrogens is 507 g/mol. The van der Waals surface area contributed by atoms with Gasteiger partial charge < -0.3 is 14.2 Å². The van der Waals surface area contributed by atoms with Crippen molar-refractivity contribution < 1.29 is 9.53 Å². The fourth-order valence-corrected chi connectivity index (χ4v) is 4.45. The molecule has 8 heteroatoms. The molecule has 0 radical (unpaired) electrons. The van der Waals surface area contributed by atoms with Crippen LogP contribution in [0.5, 0.6) is 0 Å². The number of aromatic nitrogens is 1. The third kappa shape index (κ3) is 6.81. The van der Waals surface area contributed by atoms with E-state index in [0.717, 1.165) is 16.8 Å². The van der Waals surface area contributed by atoms with E-state index in [4.69, 9.17) is 39.5 Å². The molecule has 0 aliphatic rings. The van der Waals surface area contributed by atoms with Crippen LogP contribution in [0.1, 0.15) is 48.0 Å². The average Bonchev–Trinajstić information content (AvgIpc) is 2.78. The van der Waals surface area contributed by atoms with Crippen molar-refractivity contribution in [3.05, 3.63) is 96.3 Å². The van der Waals surface area contributed by atoms with Crippen molar-refractivity contribution >= 4 is 46.5 Å². The van der Waals surface area contributed by atoms with E-state index in [0.29, 0.717) is 40.8 Å². The van der Waals surface area contributed by atoms with Crippen LogP contribution in [0, 0.1) is 6.92 Å². The van der Waals surface area contributed by atoms with Crippen molar-refractivity contribution in [2.24, 2.45) is 0 Å². The number of nitrogens with zero attached hydrogens (tertiary/aromatic N) is 2. The fraction of sp³-hybridized carbons (Fsp3) is 0.333. The maximum Gasteiger partial charge on any atom is 0.338 e. The van der Waals surface area contributed by atoms with Gasteiger partial charge in [0, 0.05) is 24.3 Å². The number of hydrogen-bond acceptors (Lipinski definition) is 4. The van der Waals surface area contributed by atoms with Gasteiger partial charge in [-0.3, -0.25) is 4.79 Å². The zero-order valence-electron chi connectivity index (χ0n) is 20.5. The minimum atomic E-state index is -0.560. The van der Waals surface area contributed by atoms with Crippen LogP contribution in [0.15, 0.2) is 53.3 Å². The molecule has 0 bridgehead atoms. The molecule has 0 aliphatic carbocycles.